The lowest BCUT2D eigenvalue weighted by atomic mass is 9.91. The highest BCUT2D eigenvalue weighted by Gasteiger charge is 2.14. The molecule has 1 aromatic rings. The summed E-state index contributed by atoms with van der Waals surface area (Å²) in [5.41, 5.74) is 8.11. The molecule has 0 saturated heterocycles. The zero-order chi connectivity index (χ0) is 12.1. The molecule has 0 radical (unpaired) electrons. The smallest absolute Gasteiger partial charge is 0.123 e. The van der Waals surface area contributed by atoms with Crippen molar-refractivity contribution in [2.45, 2.75) is 32.6 Å². The van der Waals surface area contributed by atoms with Gasteiger partial charge in [0, 0.05) is 5.02 Å². The average molecular weight is 242 g/mol. The topological polar surface area (TPSA) is 35.2 Å². The number of methoxy groups -OCH3 is 1. The molecule has 0 amide bonds. The molecule has 16 heavy (non-hydrogen) atoms. The van der Waals surface area contributed by atoms with Gasteiger partial charge in [0.15, 0.2) is 0 Å². The maximum absolute atomic E-state index is 6.09. The van der Waals surface area contributed by atoms with E-state index in [0.29, 0.717) is 12.5 Å². The molecule has 1 rings (SSSR count). The summed E-state index contributed by atoms with van der Waals surface area (Å²) >= 11 is 6.09. The molecule has 0 fully saturated rings. The van der Waals surface area contributed by atoms with Crippen LogP contribution < -0.4 is 10.5 Å². The Kier molecular flexibility index (Phi) is 5.10. The Balaban J connectivity index is 3.19. The highest BCUT2D eigenvalue weighted by molar-refractivity contribution is 6.30. The second-order valence-electron chi connectivity index (χ2n) is 4.01. The van der Waals surface area contributed by atoms with Crippen molar-refractivity contribution in [3.8, 4) is 5.75 Å². The lowest BCUT2D eigenvalue weighted by molar-refractivity contribution is 0.408. The van der Waals surface area contributed by atoms with Crippen molar-refractivity contribution < 1.29 is 4.74 Å². The van der Waals surface area contributed by atoms with Crippen LogP contribution in [0.1, 0.15) is 37.3 Å². The molecule has 1 unspecified atom stereocenters. The van der Waals surface area contributed by atoms with Crippen LogP contribution in [0.15, 0.2) is 12.1 Å². The van der Waals surface area contributed by atoms with Gasteiger partial charge >= 0.3 is 0 Å². The van der Waals surface area contributed by atoms with Crippen LogP contribution >= 0.6 is 11.6 Å². The molecule has 0 aromatic heterocycles. The summed E-state index contributed by atoms with van der Waals surface area (Å²) in [7, 11) is 1.68. The molecular weight excluding hydrogens is 222 g/mol. The molecule has 0 heterocycles. The van der Waals surface area contributed by atoms with Crippen LogP contribution in [0.4, 0.5) is 0 Å². The first kappa shape index (κ1) is 13.3. The lowest BCUT2D eigenvalue weighted by Gasteiger charge is -2.18. The minimum Gasteiger partial charge on any atom is -0.496 e. The third kappa shape index (κ3) is 2.89. The SMILES string of the molecule is CCc1c(OC)cc(Cl)cc1C(C)CCN. The molecule has 1 aromatic carbocycles. The molecule has 1 atom stereocenters. The summed E-state index contributed by atoms with van der Waals surface area (Å²) in [4.78, 5) is 0. The quantitative estimate of drug-likeness (QED) is 0.858. The van der Waals surface area contributed by atoms with Gasteiger partial charge in [-0.25, -0.2) is 0 Å². The van der Waals surface area contributed by atoms with Gasteiger partial charge in [-0.15, -0.1) is 0 Å². The standard InChI is InChI=1S/C13H20ClNO/c1-4-11-12(9(2)5-6-15)7-10(14)8-13(11)16-3/h7-9H,4-6,15H2,1-3H3. The first-order chi connectivity index (χ1) is 7.63. The predicted molar refractivity (Wildman–Crippen MR) is 69.5 cm³/mol. The first-order valence-electron chi connectivity index (χ1n) is 5.70. The van der Waals surface area contributed by atoms with Gasteiger partial charge in [-0.2, -0.15) is 0 Å². The molecule has 0 aliphatic carbocycles. The van der Waals surface area contributed by atoms with Gasteiger partial charge in [0.05, 0.1) is 7.11 Å². The van der Waals surface area contributed by atoms with Crippen LogP contribution in [0.3, 0.4) is 0 Å². The third-order valence-corrected chi connectivity index (χ3v) is 3.13. The van der Waals surface area contributed by atoms with Gasteiger partial charge in [-0.3, -0.25) is 0 Å². The molecular formula is C13H20ClNO. The first-order valence-corrected chi connectivity index (χ1v) is 6.08. The van der Waals surface area contributed by atoms with E-state index in [2.05, 4.69) is 13.8 Å². The Morgan fingerprint density at radius 3 is 2.62 bits per heavy atom. The molecule has 0 saturated carbocycles. The number of nitrogens with two attached hydrogens (primary N) is 1. The van der Waals surface area contributed by atoms with Crippen molar-refractivity contribution >= 4 is 11.6 Å². The van der Waals surface area contributed by atoms with Crippen molar-refractivity contribution in [3.63, 3.8) is 0 Å². The summed E-state index contributed by atoms with van der Waals surface area (Å²) in [6.45, 7) is 5.00. The summed E-state index contributed by atoms with van der Waals surface area (Å²) in [5, 5.41) is 0.730. The molecule has 3 heteroatoms. The minimum absolute atomic E-state index is 0.424. The second kappa shape index (κ2) is 6.12. The van der Waals surface area contributed by atoms with E-state index in [1.54, 1.807) is 7.11 Å². The van der Waals surface area contributed by atoms with Crippen molar-refractivity contribution in [1.82, 2.24) is 0 Å². The van der Waals surface area contributed by atoms with Crippen LogP contribution in [-0.4, -0.2) is 13.7 Å². The highest BCUT2D eigenvalue weighted by Crippen LogP contribution is 2.33. The number of hydrogen-bond acceptors (Lipinski definition) is 2. The Morgan fingerprint density at radius 1 is 1.44 bits per heavy atom. The Hall–Kier alpha value is -0.730. The summed E-state index contributed by atoms with van der Waals surface area (Å²) in [5.74, 6) is 1.31. The van der Waals surface area contributed by atoms with E-state index in [0.717, 1.165) is 23.6 Å². The second-order valence-corrected chi connectivity index (χ2v) is 4.44. The molecule has 0 spiro atoms. The molecule has 0 bridgehead atoms. The maximum atomic E-state index is 6.09. The molecule has 90 valence electrons. The van der Waals surface area contributed by atoms with Crippen LogP contribution in [0, 0.1) is 0 Å². The zero-order valence-electron chi connectivity index (χ0n) is 10.2. The van der Waals surface area contributed by atoms with E-state index in [1.165, 1.54) is 11.1 Å². The van der Waals surface area contributed by atoms with Crippen LogP contribution in [0.25, 0.3) is 0 Å². The fraction of sp³-hybridized carbons (Fsp3) is 0.538. The van der Waals surface area contributed by atoms with E-state index < -0.39 is 0 Å². The van der Waals surface area contributed by atoms with E-state index in [-0.39, 0.29) is 0 Å². The van der Waals surface area contributed by atoms with Crippen molar-refractivity contribution in [3.05, 3.63) is 28.3 Å². The molecule has 0 aliphatic rings. The van der Waals surface area contributed by atoms with Gasteiger partial charge in [0.1, 0.15) is 5.75 Å². The largest absolute Gasteiger partial charge is 0.496 e. The van der Waals surface area contributed by atoms with Gasteiger partial charge in [0.25, 0.3) is 0 Å². The molecule has 2 nitrogen and oxygen atoms in total. The molecule has 2 N–H and O–H groups in total. The van der Waals surface area contributed by atoms with E-state index in [1.807, 2.05) is 12.1 Å². The normalized spacial score (nSPS) is 12.6. The Labute approximate surface area is 103 Å². The zero-order valence-corrected chi connectivity index (χ0v) is 11.0. The van der Waals surface area contributed by atoms with E-state index >= 15 is 0 Å². The van der Waals surface area contributed by atoms with E-state index in [4.69, 9.17) is 22.1 Å². The van der Waals surface area contributed by atoms with Crippen LogP contribution in [0.5, 0.6) is 5.75 Å². The van der Waals surface area contributed by atoms with Crippen LogP contribution in [-0.2, 0) is 6.42 Å². The fourth-order valence-corrected chi connectivity index (χ4v) is 2.25. The maximum Gasteiger partial charge on any atom is 0.123 e. The van der Waals surface area contributed by atoms with Crippen LogP contribution in [0.2, 0.25) is 5.02 Å². The van der Waals surface area contributed by atoms with Gasteiger partial charge in [0.2, 0.25) is 0 Å². The number of ether oxygens (including phenoxy) is 1. The molecule has 0 aliphatic heterocycles. The predicted octanol–water partition coefficient (Wildman–Crippen LogP) is 3.36. The highest BCUT2D eigenvalue weighted by atomic mass is 35.5. The Bertz CT molecular complexity index is 352. The third-order valence-electron chi connectivity index (χ3n) is 2.91. The van der Waals surface area contributed by atoms with Crippen molar-refractivity contribution in [2.75, 3.05) is 13.7 Å². The van der Waals surface area contributed by atoms with Gasteiger partial charge in [-0.1, -0.05) is 25.4 Å². The van der Waals surface area contributed by atoms with Gasteiger partial charge in [-0.05, 0) is 48.6 Å². The fourth-order valence-electron chi connectivity index (χ4n) is 2.04. The van der Waals surface area contributed by atoms with Crippen molar-refractivity contribution in [2.24, 2.45) is 5.73 Å². The number of rotatable bonds is 5. The Morgan fingerprint density at radius 2 is 2.12 bits per heavy atom. The average Bonchev–Trinajstić information content (AvgIpc) is 2.28. The van der Waals surface area contributed by atoms with Crippen molar-refractivity contribution in [1.29, 1.82) is 0 Å². The summed E-state index contributed by atoms with van der Waals surface area (Å²) in [6.07, 6.45) is 1.92. The number of hydrogen-bond donors (Lipinski definition) is 1. The monoisotopic (exact) mass is 241 g/mol. The van der Waals surface area contributed by atoms with E-state index in [9.17, 15) is 0 Å². The number of benzene rings is 1. The summed E-state index contributed by atoms with van der Waals surface area (Å²) < 4.78 is 5.37. The summed E-state index contributed by atoms with van der Waals surface area (Å²) in [6, 6.07) is 3.91. The number of halogens is 1. The lowest BCUT2D eigenvalue weighted by Crippen LogP contribution is -2.07. The van der Waals surface area contributed by atoms with Gasteiger partial charge < -0.3 is 10.5 Å². The minimum atomic E-state index is 0.424.